The van der Waals surface area contributed by atoms with Crippen LogP contribution in [0.1, 0.15) is 46.7 Å². The molecular weight excluding hydrogens is 382 g/mol. The van der Waals surface area contributed by atoms with Crippen LogP contribution in [0.4, 0.5) is 0 Å². The number of thiophene rings is 1. The van der Waals surface area contributed by atoms with E-state index in [1.54, 1.807) is 19.6 Å². The predicted molar refractivity (Wildman–Crippen MR) is 109 cm³/mol. The fraction of sp³-hybridized carbons (Fsp3) is 0.476. The number of likely N-dealkylation sites (tertiary alicyclic amines) is 1. The van der Waals surface area contributed by atoms with Crippen molar-refractivity contribution >= 4 is 28.8 Å². The third-order valence-corrected chi connectivity index (χ3v) is 7.20. The van der Waals surface area contributed by atoms with E-state index < -0.39 is 0 Å². The third kappa shape index (κ3) is 3.43. The zero-order valence-corrected chi connectivity index (χ0v) is 17.2. The number of hydrogen-bond acceptors (Lipinski definition) is 4. The van der Waals surface area contributed by atoms with Gasteiger partial charge in [-0.2, -0.15) is 0 Å². The van der Waals surface area contributed by atoms with E-state index in [4.69, 9.17) is 21.1 Å². The fourth-order valence-electron chi connectivity index (χ4n) is 4.57. The summed E-state index contributed by atoms with van der Waals surface area (Å²) in [7, 11) is 3.28. The van der Waals surface area contributed by atoms with Crippen LogP contribution in [-0.4, -0.2) is 38.1 Å². The van der Waals surface area contributed by atoms with Gasteiger partial charge in [0.15, 0.2) is 5.75 Å². The first-order valence-corrected chi connectivity index (χ1v) is 10.6. The number of methoxy groups -OCH3 is 2. The lowest BCUT2D eigenvalue weighted by Gasteiger charge is -2.35. The Labute approximate surface area is 169 Å². The average Bonchev–Trinajstić information content (AvgIpc) is 3.30. The van der Waals surface area contributed by atoms with Gasteiger partial charge in [0, 0.05) is 18.5 Å². The van der Waals surface area contributed by atoms with Gasteiger partial charge in [-0.1, -0.05) is 17.7 Å². The van der Waals surface area contributed by atoms with Crippen molar-refractivity contribution in [3.8, 4) is 11.5 Å². The van der Waals surface area contributed by atoms with E-state index >= 15 is 0 Å². The molecule has 4 nitrogen and oxygen atoms in total. The number of aryl methyl sites for hydroxylation is 1. The van der Waals surface area contributed by atoms with E-state index in [1.165, 1.54) is 28.9 Å². The van der Waals surface area contributed by atoms with Crippen molar-refractivity contribution in [2.75, 3.05) is 27.3 Å². The highest BCUT2D eigenvalue weighted by Crippen LogP contribution is 2.44. The number of rotatable bonds is 4. The molecule has 4 rings (SSSR count). The van der Waals surface area contributed by atoms with Gasteiger partial charge in [-0.25, -0.2) is 0 Å². The lowest BCUT2D eigenvalue weighted by molar-refractivity contribution is 0.0675. The summed E-state index contributed by atoms with van der Waals surface area (Å²) in [6, 6.07) is 6.48. The molecular formula is C21H24ClNO3S. The first kappa shape index (κ1) is 18.6. The number of carbonyl (C=O) groups is 1. The van der Waals surface area contributed by atoms with E-state index in [-0.39, 0.29) is 5.91 Å². The molecule has 1 saturated heterocycles. The Morgan fingerprint density at radius 3 is 2.67 bits per heavy atom. The van der Waals surface area contributed by atoms with Crippen LogP contribution in [0, 0.1) is 5.92 Å². The molecule has 1 unspecified atom stereocenters. The number of fused-ring (bicyclic) bond motifs is 1. The average molecular weight is 406 g/mol. The van der Waals surface area contributed by atoms with Crippen molar-refractivity contribution in [3.63, 3.8) is 0 Å². The van der Waals surface area contributed by atoms with Crippen LogP contribution in [-0.2, 0) is 6.42 Å². The molecule has 1 aliphatic heterocycles. The molecule has 0 spiro atoms. The van der Waals surface area contributed by atoms with E-state index in [0.29, 0.717) is 27.5 Å². The molecule has 1 atom stereocenters. The lowest BCUT2D eigenvalue weighted by atomic mass is 9.81. The number of benzene rings is 1. The first-order valence-electron chi connectivity index (χ1n) is 9.39. The summed E-state index contributed by atoms with van der Waals surface area (Å²) in [5, 5.41) is 1.80. The Kier molecular flexibility index (Phi) is 5.33. The van der Waals surface area contributed by atoms with Crippen LogP contribution in [0.15, 0.2) is 23.6 Å². The molecule has 6 heteroatoms. The molecule has 27 heavy (non-hydrogen) atoms. The monoisotopic (exact) mass is 405 g/mol. The molecule has 2 heterocycles. The molecule has 2 aromatic rings. The quantitative estimate of drug-likeness (QED) is 0.718. The maximum atomic E-state index is 12.9. The minimum Gasteiger partial charge on any atom is -0.497 e. The summed E-state index contributed by atoms with van der Waals surface area (Å²) in [5.41, 5.74) is 3.49. The van der Waals surface area contributed by atoms with Gasteiger partial charge in [-0.3, -0.25) is 4.79 Å². The zero-order valence-electron chi connectivity index (χ0n) is 15.7. The molecule has 1 amide bonds. The van der Waals surface area contributed by atoms with Gasteiger partial charge in [-0.15, -0.1) is 11.3 Å². The van der Waals surface area contributed by atoms with Gasteiger partial charge in [0.25, 0.3) is 5.91 Å². The van der Waals surface area contributed by atoms with Gasteiger partial charge < -0.3 is 14.4 Å². The molecule has 0 N–H and O–H groups in total. The predicted octanol–water partition coefficient (Wildman–Crippen LogP) is 5.00. The summed E-state index contributed by atoms with van der Waals surface area (Å²) in [6.45, 7) is 1.58. The highest BCUT2D eigenvalue weighted by atomic mass is 35.5. The van der Waals surface area contributed by atoms with E-state index in [1.807, 2.05) is 4.90 Å². The molecule has 0 radical (unpaired) electrons. The summed E-state index contributed by atoms with van der Waals surface area (Å²) in [6.07, 6.45) is 4.42. The van der Waals surface area contributed by atoms with Crippen molar-refractivity contribution in [2.24, 2.45) is 5.92 Å². The van der Waals surface area contributed by atoms with Gasteiger partial charge in [0.1, 0.15) is 10.1 Å². The van der Waals surface area contributed by atoms with Crippen LogP contribution in [0.25, 0.3) is 0 Å². The summed E-state index contributed by atoms with van der Waals surface area (Å²) in [5.74, 6) is 2.68. The molecule has 2 aliphatic rings. The maximum Gasteiger partial charge on any atom is 0.258 e. The summed E-state index contributed by atoms with van der Waals surface area (Å²) < 4.78 is 11.3. The molecule has 1 fully saturated rings. The summed E-state index contributed by atoms with van der Waals surface area (Å²) >= 11 is 7.47. The minimum atomic E-state index is 0.0296. The van der Waals surface area contributed by atoms with Crippen LogP contribution in [0.2, 0.25) is 4.34 Å². The Morgan fingerprint density at radius 2 is 1.96 bits per heavy atom. The number of nitrogens with zero attached hydrogens (tertiary/aromatic N) is 1. The van der Waals surface area contributed by atoms with Crippen molar-refractivity contribution in [1.82, 2.24) is 4.90 Å². The second kappa shape index (κ2) is 7.72. The SMILES string of the molecule is COc1ccc2c(c1)C(C1CCN(C(=O)c3csc(Cl)c3OC)CC1)CC2. The van der Waals surface area contributed by atoms with Crippen LogP contribution >= 0.6 is 22.9 Å². The Morgan fingerprint density at radius 1 is 1.19 bits per heavy atom. The summed E-state index contributed by atoms with van der Waals surface area (Å²) in [4.78, 5) is 14.8. The number of ether oxygens (including phenoxy) is 2. The molecule has 1 aromatic carbocycles. The Hall–Kier alpha value is -1.72. The normalized spacial score (nSPS) is 19.8. The lowest BCUT2D eigenvalue weighted by Crippen LogP contribution is -2.39. The number of carbonyl (C=O) groups excluding carboxylic acids is 1. The Bertz CT molecular complexity index is 842. The highest BCUT2D eigenvalue weighted by molar-refractivity contribution is 7.15. The Balaban J connectivity index is 1.44. The topological polar surface area (TPSA) is 38.8 Å². The fourth-order valence-corrected chi connectivity index (χ4v) is 5.61. The van der Waals surface area contributed by atoms with Gasteiger partial charge in [0.2, 0.25) is 0 Å². The van der Waals surface area contributed by atoms with Crippen LogP contribution < -0.4 is 9.47 Å². The van der Waals surface area contributed by atoms with Crippen LogP contribution in [0.5, 0.6) is 11.5 Å². The number of amides is 1. The molecule has 1 aromatic heterocycles. The van der Waals surface area contributed by atoms with E-state index in [0.717, 1.165) is 38.1 Å². The second-order valence-corrected chi connectivity index (χ2v) is 8.78. The van der Waals surface area contributed by atoms with Crippen molar-refractivity contribution in [2.45, 2.75) is 31.6 Å². The van der Waals surface area contributed by atoms with Crippen molar-refractivity contribution in [1.29, 1.82) is 0 Å². The van der Waals surface area contributed by atoms with Gasteiger partial charge in [-0.05, 0) is 60.8 Å². The minimum absolute atomic E-state index is 0.0296. The number of piperidine rings is 1. The number of halogens is 1. The van der Waals surface area contributed by atoms with Crippen LogP contribution in [0.3, 0.4) is 0 Å². The number of hydrogen-bond donors (Lipinski definition) is 0. The second-order valence-electron chi connectivity index (χ2n) is 7.30. The van der Waals surface area contributed by atoms with Crippen molar-refractivity contribution < 1.29 is 14.3 Å². The third-order valence-electron chi connectivity index (χ3n) is 6.01. The standard InChI is InChI=1S/C21H24ClNO3S/c1-25-15-5-3-13-4-6-16(17(13)11-15)14-7-9-23(10-8-14)21(24)18-12-27-20(22)19(18)26-2/h3,5,11-12,14,16H,4,6-10H2,1-2H3. The molecule has 0 saturated carbocycles. The highest BCUT2D eigenvalue weighted by Gasteiger charge is 2.34. The van der Waals surface area contributed by atoms with E-state index in [9.17, 15) is 4.79 Å². The largest absolute Gasteiger partial charge is 0.497 e. The van der Waals surface area contributed by atoms with Gasteiger partial charge in [0.05, 0.1) is 19.8 Å². The molecule has 1 aliphatic carbocycles. The zero-order chi connectivity index (χ0) is 19.0. The van der Waals surface area contributed by atoms with Crippen molar-refractivity contribution in [3.05, 3.63) is 44.6 Å². The molecule has 144 valence electrons. The first-order chi connectivity index (χ1) is 13.1. The van der Waals surface area contributed by atoms with Gasteiger partial charge >= 0.3 is 0 Å². The van der Waals surface area contributed by atoms with E-state index in [2.05, 4.69) is 18.2 Å². The molecule has 0 bridgehead atoms. The maximum absolute atomic E-state index is 12.9. The smallest absolute Gasteiger partial charge is 0.258 e.